The fourth-order valence-corrected chi connectivity index (χ4v) is 7.25. The molecule has 9 heteroatoms. The molecule has 0 saturated carbocycles. The summed E-state index contributed by atoms with van der Waals surface area (Å²) in [5.41, 5.74) is 3.00. The lowest BCUT2D eigenvalue weighted by atomic mass is 9.77. The maximum Gasteiger partial charge on any atom is 0.289 e. The number of rotatable bonds is 4. The van der Waals surface area contributed by atoms with E-state index in [2.05, 4.69) is 13.8 Å². The number of imide groups is 1. The molecular formula is C24H23ClN2O4S2. The number of fused-ring (bicyclic) bond motifs is 3. The Morgan fingerprint density at radius 2 is 1.97 bits per heavy atom. The minimum absolute atomic E-state index is 0.0361. The number of thiophene rings is 1. The zero-order valence-corrected chi connectivity index (χ0v) is 21.0. The van der Waals surface area contributed by atoms with Gasteiger partial charge in [0.05, 0.1) is 18.2 Å². The average Bonchev–Trinajstić information content (AvgIpc) is 3.33. The van der Waals surface area contributed by atoms with Gasteiger partial charge in [0.15, 0.2) is 0 Å². The Balaban J connectivity index is 1.80. The van der Waals surface area contributed by atoms with E-state index < -0.39 is 0 Å². The molecule has 1 aliphatic carbocycles. The Morgan fingerprint density at radius 3 is 2.61 bits per heavy atom. The number of amides is 2. The zero-order chi connectivity index (χ0) is 23.5. The minimum atomic E-state index is -0.353. The lowest BCUT2D eigenvalue weighted by Crippen LogP contribution is -2.39. The van der Waals surface area contributed by atoms with Crippen molar-refractivity contribution < 1.29 is 19.1 Å². The van der Waals surface area contributed by atoms with E-state index in [0.717, 1.165) is 62.9 Å². The van der Waals surface area contributed by atoms with Crippen molar-refractivity contribution >= 4 is 56.1 Å². The molecule has 2 amide bonds. The van der Waals surface area contributed by atoms with Gasteiger partial charge < -0.3 is 9.94 Å². The maximum atomic E-state index is 13.6. The lowest BCUT2D eigenvalue weighted by molar-refractivity contribution is -0.584. The van der Waals surface area contributed by atoms with E-state index in [0.29, 0.717) is 4.83 Å². The summed E-state index contributed by atoms with van der Waals surface area (Å²) in [7, 11) is 1.61. The van der Waals surface area contributed by atoms with Crippen LogP contribution in [0.2, 0.25) is 5.02 Å². The van der Waals surface area contributed by atoms with Crippen LogP contribution in [0.25, 0.3) is 21.3 Å². The van der Waals surface area contributed by atoms with E-state index in [1.165, 1.54) is 21.8 Å². The van der Waals surface area contributed by atoms with Gasteiger partial charge in [-0.1, -0.05) is 60.7 Å². The van der Waals surface area contributed by atoms with Gasteiger partial charge in [-0.25, -0.2) is 0 Å². The van der Waals surface area contributed by atoms with Gasteiger partial charge in [0.1, 0.15) is 17.3 Å². The number of hydrogen-bond donors (Lipinski definition) is 0. The second kappa shape index (κ2) is 8.18. The number of methoxy groups -OCH3 is 1. The maximum absolute atomic E-state index is 13.6. The molecule has 1 aliphatic heterocycles. The van der Waals surface area contributed by atoms with Gasteiger partial charge in [-0.05, 0) is 47.9 Å². The smallest absolute Gasteiger partial charge is 0.289 e. The fourth-order valence-electron chi connectivity index (χ4n) is 4.77. The lowest BCUT2D eigenvalue weighted by Gasteiger charge is -2.29. The first-order valence-corrected chi connectivity index (χ1v) is 12.9. The summed E-state index contributed by atoms with van der Waals surface area (Å²) in [5, 5.41) is 14.4. The van der Waals surface area contributed by atoms with Gasteiger partial charge in [-0.3, -0.25) is 14.5 Å². The van der Waals surface area contributed by atoms with Crippen LogP contribution in [0.5, 0.6) is 5.75 Å². The molecule has 3 aromatic rings. The number of aromatic nitrogens is 1. The van der Waals surface area contributed by atoms with E-state index in [4.69, 9.17) is 16.3 Å². The van der Waals surface area contributed by atoms with Crippen molar-refractivity contribution in [2.24, 2.45) is 0 Å². The first-order chi connectivity index (χ1) is 15.7. The molecule has 1 saturated heterocycles. The van der Waals surface area contributed by atoms with Crippen LogP contribution in [0.15, 0.2) is 24.3 Å². The summed E-state index contributed by atoms with van der Waals surface area (Å²) >= 11 is 9.39. The predicted molar refractivity (Wildman–Crippen MR) is 132 cm³/mol. The molecule has 0 radical (unpaired) electrons. The molecule has 2 aromatic heterocycles. The molecule has 172 valence electrons. The molecule has 3 heterocycles. The molecule has 6 nitrogen and oxygen atoms in total. The SMILES string of the molecule is COc1ccc(-c2c(Cl)c(CN3C(=O)CSC3=O)[n+]([O-])c3sc4c(c23)CCCC4(C)C)cc1. The summed E-state index contributed by atoms with van der Waals surface area (Å²) in [4.78, 5) is 27.4. The third-order valence-corrected chi connectivity index (χ3v) is 9.34. The number of nitrogens with zero attached hydrogens (tertiary/aromatic N) is 2. The number of carbonyl (C=O) groups is 2. The number of pyridine rings is 1. The van der Waals surface area contributed by atoms with E-state index in [1.807, 2.05) is 24.3 Å². The van der Waals surface area contributed by atoms with Gasteiger partial charge in [-0.2, -0.15) is 4.73 Å². The molecule has 1 fully saturated rings. The van der Waals surface area contributed by atoms with Crippen molar-refractivity contribution in [3.05, 3.63) is 50.6 Å². The Bertz CT molecular complexity index is 1280. The van der Waals surface area contributed by atoms with E-state index in [9.17, 15) is 14.8 Å². The van der Waals surface area contributed by atoms with Gasteiger partial charge in [0.2, 0.25) is 11.6 Å². The molecule has 0 spiro atoms. The Labute approximate surface area is 205 Å². The van der Waals surface area contributed by atoms with E-state index in [1.54, 1.807) is 7.11 Å². The summed E-state index contributed by atoms with van der Waals surface area (Å²) in [5.74, 6) is 0.503. The van der Waals surface area contributed by atoms with Gasteiger partial charge in [0.25, 0.3) is 10.1 Å². The second-order valence-corrected chi connectivity index (χ2v) is 11.3. The number of halogens is 1. The first-order valence-electron chi connectivity index (χ1n) is 10.7. The van der Waals surface area contributed by atoms with Crippen LogP contribution in [0.4, 0.5) is 4.79 Å². The summed E-state index contributed by atoms with van der Waals surface area (Å²) in [6, 6.07) is 7.58. The van der Waals surface area contributed by atoms with Crippen molar-refractivity contribution in [3.63, 3.8) is 0 Å². The Hall–Kier alpha value is -2.29. The van der Waals surface area contributed by atoms with Crippen LogP contribution in [0.1, 0.15) is 42.8 Å². The van der Waals surface area contributed by atoms with Gasteiger partial charge in [-0.15, -0.1) is 0 Å². The highest BCUT2D eigenvalue weighted by Crippen LogP contribution is 2.49. The van der Waals surface area contributed by atoms with Crippen molar-refractivity contribution in [3.8, 4) is 16.9 Å². The van der Waals surface area contributed by atoms with E-state index >= 15 is 0 Å². The molecule has 5 rings (SSSR count). The predicted octanol–water partition coefficient (Wildman–Crippen LogP) is 5.67. The monoisotopic (exact) mass is 502 g/mol. The second-order valence-electron chi connectivity index (χ2n) is 9.02. The van der Waals surface area contributed by atoms with Crippen molar-refractivity contribution in [1.29, 1.82) is 0 Å². The average molecular weight is 503 g/mol. The van der Waals surface area contributed by atoms with E-state index in [-0.39, 0.29) is 39.6 Å². The van der Waals surface area contributed by atoms with Gasteiger partial charge >= 0.3 is 0 Å². The molecule has 0 N–H and O–H groups in total. The molecule has 33 heavy (non-hydrogen) atoms. The Kier molecular flexibility index (Phi) is 5.58. The normalized spacial score (nSPS) is 17.6. The summed E-state index contributed by atoms with van der Waals surface area (Å²) in [6.45, 7) is 4.28. The molecule has 1 aromatic carbocycles. The molecule has 0 atom stereocenters. The van der Waals surface area contributed by atoms with Crippen LogP contribution in [0, 0.1) is 5.21 Å². The largest absolute Gasteiger partial charge is 0.617 e. The first kappa shape index (κ1) is 22.5. The van der Waals surface area contributed by atoms with Crippen LogP contribution >= 0.6 is 34.7 Å². The number of aryl methyl sites for hydroxylation is 1. The highest BCUT2D eigenvalue weighted by molar-refractivity contribution is 8.14. The van der Waals surface area contributed by atoms with Crippen molar-refractivity contribution in [1.82, 2.24) is 4.90 Å². The standard InChI is InChI=1S/C24H23ClN2O4S2/c1-24(2)10-4-5-15-19-18(13-6-8-14(31-3)9-7-13)20(25)16(27(30)22(19)33-21(15)24)11-26-17(28)12-32-23(26)29/h6-9H,4-5,10-12H2,1-3H3. The highest BCUT2D eigenvalue weighted by Gasteiger charge is 2.38. The number of benzene rings is 1. The zero-order valence-electron chi connectivity index (χ0n) is 18.6. The number of hydrogen-bond acceptors (Lipinski definition) is 6. The fraction of sp³-hybridized carbons (Fsp3) is 0.375. The topological polar surface area (TPSA) is 73.5 Å². The quantitative estimate of drug-likeness (QED) is 0.339. The van der Waals surface area contributed by atoms with Crippen molar-refractivity contribution in [2.45, 2.75) is 45.1 Å². The molecule has 0 bridgehead atoms. The molecule has 0 unspecified atom stereocenters. The minimum Gasteiger partial charge on any atom is -0.617 e. The van der Waals surface area contributed by atoms with Crippen LogP contribution in [-0.4, -0.2) is 28.9 Å². The van der Waals surface area contributed by atoms with Crippen molar-refractivity contribution in [2.75, 3.05) is 12.9 Å². The molecule has 2 aliphatic rings. The number of carbonyl (C=O) groups excluding carboxylic acids is 2. The third-order valence-electron chi connectivity index (χ3n) is 6.51. The van der Waals surface area contributed by atoms with Gasteiger partial charge in [0, 0.05) is 10.4 Å². The third kappa shape index (κ3) is 3.59. The van der Waals surface area contributed by atoms with Crippen LogP contribution in [-0.2, 0) is 23.2 Å². The van der Waals surface area contributed by atoms with Crippen LogP contribution < -0.4 is 9.47 Å². The summed E-state index contributed by atoms with van der Waals surface area (Å²) < 4.78 is 6.15. The highest BCUT2D eigenvalue weighted by atomic mass is 35.5. The Morgan fingerprint density at radius 1 is 1.24 bits per heavy atom. The number of thioether (sulfide) groups is 1. The van der Waals surface area contributed by atoms with Crippen LogP contribution in [0.3, 0.4) is 0 Å². The molecular weight excluding hydrogens is 480 g/mol. The summed E-state index contributed by atoms with van der Waals surface area (Å²) in [6.07, 6.45) is 2.98. The number of ether oxygens (including phenoxy) is 1.